The van der Waals surface area contributed by atoms with E-state index in [1.807, 2.05) is 31.4 Å². The number of hydrogen-bond donors (Lipinski definition) is 3. The molecule has 0 aliphatic rings. The predicted octanol–water partition coefficient (Wildman–Crippen LogP) is 7.96. The second-order valence-electron chi connectivity index (χ2n) is 7.58. The fraction of sp³-hybridized carbons (Fsp3) is 0.240. The van der Waals surface area contributed by atoms with Gasteiger partial charge in [0.25, 0.3) is 0 Å². The first-order valence-corrected chi connectivity index (χ1v) is 12.9. The van der Waals surface area contributed by atoms with E-state index in [0.29, 0.717) is 11.0 Å². The molecule has 178 valence electrons. The number of halogens is 1. The van der Waals surface area contributed by atoms with Crippen LogP contribution >= 0.6 is 34.3 Å². The van der Waals surface area contributed by atoms with Crippen LogP contribution in [-0.4, -0.2) is 26.2 Å². The van der Waals surface area contributed by atoms with E-state index in [9.17, 15) is 15.0 Å². The van der Waals surface area contributed by atoms with Crippen molar-refractivity contribution in [3.63, 3.8) is 0 Å². The van der Waals surface area contributed by atoms with Crippen molar-refractivity contribution in [2.24, 2.45) is 5.92 Å². The number of thiophene rings is 1. The average molecular weight is 516 g/mol. The predicted molar refractivity (Wildman–Crippen MR) is 142 cm³/mol. The molecule has 0 radical (unpaired) electrons. The van der Waals surface area contributed by atoms with Crippen LogP contribution in [0.4, 0.5) is 10.9 Å². The molecule has 0 aliphatic carbocycles. The third-order valence-electron chi connectivity index (χ3n) is 4.66. The molecule has 0 saturated carbocycles. The smallest absolute Gasteiger partial charge is 0.339 e. The molecule has 0 amide bonds. The number of carboxylic acids is 1. The van der Waals surface area contributed by atoms with Gasteiger partial charge in [-0.15, -0.1) is 22.7 Å². The third kappa shape index (κ3) is 5.94. The molecular weight excluding hydrogens is 490 g/mol. The van der Waals surface area contributed by atoms with Gasteiger partial charge in [-0.1, -0.05) is 45.4 Å². The number of rotatable bonds is 7. The van der Waals surface area contributed by atoms with E-state index in [2.05, 4.69) is 24.1 Å². The monoisotopic (exact) mass is 515 g/mol. The molecule has 0 spiro atoms. The number of carboxylic acid groups (broad SMARTS) is 1. The van der Waals surface area contributed by atoms with Crippen LogP contribution in [0.3, 0.4) is 0 Å². The van der Waals surface area contributed by atoms with Gasteiger partial charge in [-0.3, -0.25) is 0 Å². The molecule has 0 fully saturated rings. The van der Waals surface area contributed by atoms with E-state index in [1.54, 1.807) is 24.4 Å². The maximum atomic E-state index is 11.9. The molecular formula is C25H26ClN3O3S2. The highest BCUT2D eigenvalue weighted by Crippen LogP contribution is 2.37. The number of thiazole rings is 1. The molecule has 6 nitrogen and oxygen atoms in total. The number of benzene rings is 1. The number of aromatic carboxylic acids is 1. The second-order valence-corrected chi connectivity index (χ2v) is 10.0. The normalized spacial score (nSPS) is 10.6. The zero-order chi connectivity index (χ0) is 24.8. The standard InChI is InChI=1S/C23H20ClN3O3S2.C2H6/c1-12(2)8-19-20(13-5-6-17(28)16(24)10-13)26-23(32-19)27-21-15(22(29)30)9-14(11-25-21)18-4-3-7-31-18;1-2/h3-7,9-12,28H,8H2,1-2H3,(H,29,30)(H,25,26,27);1-2H3. The number of nitrogens with zero attached hydrogens (tertiary/aromatic N) is 2. The summed E-state index contributed by atoms with van der Waals surface area (Å²) in [5, 5.41) is 25.3. The molecule has 9 heteroatoms. The van der Waals surface area contributed by atoms with Crippen LogP contribution in [0.15, 0.2) is 48.0 Å². The summed E-state index contributed by atoms with van der Waals surface area (Å²) in [6, 6.07) is 10.4. The average Bonchev–Trinajstić information content (AvgIpc) is 3.47. The Balaban J connectivity index is 0.00000158. The Kier molecular flexibility index (Phi) is 8.66. The van der Waals surface area contributed by atoms with Gasteiger partial charge in [-0.05, 0) is 48.1 Å². The number of nitrogens with one attached hydrogen (secondary N) is 1. The number of hydrogen-bond acceptors (Lipinski definition) is 7. The van der Waals surface area contributed by atoms with Crippen molar-refractivity contribution in [3.05, 3.63) is 63.4 Å². The molecule has 1 aromatic carbocycles. The van der Waals surface area contributed by atoms with E-state index in [0.717, 1.165) is 33.0 Å². The minimum Gasteiger partial charge on any atom is -0.506 e. The summed E-state index contributed by atoms with van der Waals surface area (Å²) in [6.07, 6.45) is 2.45. The Bertz CT molecular complexity index is 1270. The minimum absolute atomic E-state index is 0.00975. The number of pyridine rings is 1. The summed E-state index contributed by atoms with van der Waals surface area (Å²) < 4.78 is 0. The van der Waals surface area contributed by atoms with Crippen LogP contribution in [-0.2, 0) is 6.42 Å². The Labute approximate surface area is 211 Å². The maximum Gasteiger partial charge on any atom is 0.339 e. The molecule has 3 aromatic heterocycles. The molecule has 0 atom stereocenters. The lowest BCUT2D eigenvalue weighted by Gasteiger charge is -2.07. The van der Waals surface area contributed by atoms with Crippen LogP contribution in [0.2, 0.25) is 5.02 Å². The molecule has 0 aliphatic heterocycles. The van der Waals surface area contributed by atoms with Crippen LogP contribution in [0.1, 0.15) is 42.9 Å². The van der Waals surface area contributed by atoms with E-state index >= 15 is 0 Å². The SMILES string of the molecule is CC.CC(C)Cc1sc(Nc2ncc(-c3cccs3)cc2C(=O)O)nc1-c1ccc(O)c(Cl)c1. The zero-order valence-corrected chi connectivity index (χ0v) is 21.7. The van der Waals surface area contributed by atoms with Gasteiger partial charge in [0, 0.05) is 27.1 Å². The maximum absolute atomic E-state index is 11.9. The molecule has 4 rings (SSSR count). The van der Waals surface area contributed by atoms with E-state index < -0.39 is 5.97 Å². The molecule has 3 N–H and O–H groups in total. The number of carbonyl (C=O) groups is 1. The van der Waals surface area contributed by atoms with Crippen LogP contribution in [0, 0.1) is 5.92 Å². The van der Waals surface area contributed by atoms with Crippen molar-refractivity contribution in [2.75, 3.05) is 5.32 Å². The van der Waals surface area contributed by atoms with E-state index in [4.69, 9.17) is 16.6 Å². The lowest BCUT2D eigenvalue weighted by molar-refractivity contribution is 0.0697. The lowest BCUT2D eigenvalue weighted by Crippen LogP contribution is -2.05. The molecule has 0 saturated heterocycles. The van der Waals surface area contributed by atoms with Gasteiger partial charge < -0.3 is 15.5 Å². The summed E-state index contributed by atoms with van der Waals surface area (Å²) in [7, 11) is 0. The van der Waals surface area contributed by atoms with Crippen molar-refractivity contribution >= 4 is 51.2 Å². The largest absolute Gasteiger partial charge is 0.506 e. The first kappa shape index (κ1) is 25.7. The third-order valence-corrected chi connectivity index (χ3v) is 6.88. The first-order valence-electron chi connectivity index (χ1n) is 10.8. The highest BCUT2D eigenvalue weighted by atomic mass is 35.5. The number of anilines is 2. The Morgan fingerprint density at radius 3 is 2.56 bits per heavy atom. The summed E-state index contributed by atoms with van der Waals surface area (Å²) in [4.78, 5) is 23.0. The number of aromatic hydroxyl groups is 1. The Morgan fingerprint density at radius 1 is 1.18 bits per heavy atom. The summed E-state index contributed by atoms with van der Waals surface area (Å²) in [5.41, 5.74) is 2.36. The van der Waals surface area contributed by atoms with Crippen LogP contribution < -0.4 is 5.32 Å². The molecule has 0 unspecified atom stereocenters. The van der Waals surface area contributed by atoms with Crippen molar-refractivity contribution in [1.82, 2.24) is 9.97 Å². The van der Waals surface area contributed by atoms with Crippen LogP contribution in [0.5, 0.6) is 5.75 Å². The Morgan fingerprint density at radius 2 is 1.94 bits per heavy atom. The van der Waals surface area contributed by atoms with Crippen molar-refractivity contribution in [2.45, 2.75) is 34.1 Å². The lowest BCUT2D eigenvalue weighted by atomic mass is 10.0. The summed E-state index contributed by atoms with van der Waals surface area (Å²) in [6.45, 7) is 8.24. The fourth-order valence-electron chi connectivity index (χ4n) is 3.20. The van der Waals surface area contributed by atoms with Gasteiger partial charge in [0.2, 0.25) is 0 Å². The summed E-state index contributed by atoms with van der Waals surface area (Å²) in [5.74, 6) is -0.427. The highest BCUT2D eigenvalue weighted by molar-refractivity contribution is 7.16. The number of phenols is 1. The summed E-state index contributed by atoms with van der Waals surface area (Å²) >= 11 is 9.08. The Hall–Kier alpha value is -2.94. The molecule has 4 aromatic rings. The van der Waals surface area contributed by atoms with Crippen molar-refractivity contribution in [1.29, 1.82) is 0 Å². The van der Waals surface area contributed by atoms with Gasteiger partial charge in [-0.2, -0.15) is 0 Å². The first-order chi connectivity index (χ1) is 16.3. The van der Waals surface area contributed by atoms with Crippen molar-refractivity contribution < 1.29 is 15.0 Å². The van der Waals surface area contributed by atoms with Crippen molar-refractivity contribution in [3.8, 4) is 27.4 Å². The van der Waals surface area contributed by atoms with E-state index in [1.165, 1.54) is 28.7 Å². The topological polar surface area (TPSA) is 95.3 Å². The van der Waals surface area contributed by atoms with Gasteiger partial charge in [0.1, 0.15) is 17.1 Å². The highest BCUT2D eigenvalue weighted by Gasteiger charge is 2.19. The zero-order valence-electron chi connectivity index (χ0n) is 19.3. The molecule has 0 bridgehead atoms. The van der Waals surface area contributed by atoms with Gasteiger partial charge in [0.05, 0.1) is 10.7 Å². The number of phenolic OH excluding ortho intramolecular Hbond substituents is 1. The molecule has 3 heterocycles. The van der Waals surface area contributed by atoms with Gasteiger partial charge >= 0.3 is 5.97 Å². The second kappa shape index (κ2) is 11.5. The van der Waals surface area contributed by atoms with E-state index in [-0.39, 0.29) is 22.2 Å². The fourth-order valence-corrected chi connectivity index (χ4v) is 5.28. The molecule has 34 heavy (non-hydrogen) atoms. The van der Waals surface area contributed by atoms with Gasteiger partial charge in [-0.25, -0.2) is 14.8 Å². The van der Waals surface area contributed by atoms with Crippen LogP contribution in [0.25, 0.3) is 21.7 Å². The quantitative estimate of drug-likeness (QED) is 0.231. The minimum atomic E-state index is -1.07. The number of aromatic nitrogens is 2. The van der Waals surface area contributed by atoms with Gasteiger partial charge in [0.15, 0.2) is 5.13 Å².